The molecule has 1 saturated heterocycles. The van der Waals surface area contributed by atoms with Gasteiger partial charge in [0.1, 0.15) is 15.9 Å². The molecule has 19 heavy (non-hydrogen) atoms. The average Bonchev–Trinajstić information content (AvgIpc) is 2.26. The van der Waals surface area contributed by atoms with E-state index in [9.17, 15) is 18.0 Å². The lowest BCUT2D eigenvalue weighted by atomic mass is 10.0. The van der Waals surface area contributed by atoms with Gasteiger partial charge in [-0.15, -0.1) is 0 Å². The quantitative estimate of drug-likeness (QED) is 0.763. The molecule has 7 nitrogen and oxygen atoms in total. The van der Waals surface area contributed by atoms with Gasteiger partial charge in [0.05, 0.1) is 5.75 Å². The third-order valence-corrected chi connectivity index (χ3v) is 4.08. The summed E-state index contributed by atoms with van der Waals surface area (Å²) in [6.45, 7) is 1.97. The van der Waals surface area contributed by atoms with E-state index in [0.29, 0.717) is 13.0 Å². The molecule has 1 aliphatic rings. The molecule has 2 unspecified atom stereocenters. The molecule has 0 aliphatic carbocycles. The molecule has 2 atom stereocenters. The zero-order valence-corrected chi connectivity index (χ0v) is 11.9. The van der Waals surface area contributed by atoms with E-state index in [2.05, 4.69) is 5.32 Å². The summed E-state index contributed by atoms with van der Waals surface area (Å²) in [5.74, 6) is -1.18. The Bertz CT molecular complexity index is 448. The van der Waals surface area contributed by atoms with Crippen LogP contribution in [0.1, 0.15) is 26.2 Å². The molecule has 0 aromatic carbocycles. The molecule has 1 aliphatic heterocycles. The largest absolute Gasteiger partial charge is 0.480 e. The van der Waals surface area contributed by atoms with E-state index in [-0.39, 0.29) is 5.75 Å². The van der Waals surface area contributed by atoms with E-state index < -0.39 is 33.9 Å². The highest BCUT2D eigenvalue weighted by molar-refractivity contribution is 7.90. The van der Waals surface area contributed by atoms with Crippen LogP contribution in [-0.4, -0.2) is 61.1 Å². The normalized spacial score (nSPS) is 21.8. The van der Waals surface area contributed by atoms with Gasteiger partial charge in [-0.2, -0.15) is 0 Å². The summed E-state index contributed by atoms with van der Waals surface area (Å²) in [7, 11) is -3.18. The first-order chi connectivity index (χ1) is 8.70. The lowest BCUT2D eigenvalue weighted by Crippen LogP contribution is -2.54. The Morgan fingerprint density at radius 3 is 2.58 bits per heavy atom. The minimum atomic E-state index is -3.18. The predicted octanol–water partition coefficient (Wildman–Crippen LogP) is 0.0682. The molecule has 2 N–H and O–H groups in total. The molecule has 0 radical (unpaired) electrons. The number of hydrogen-bond donors (Lipinski definition) is 2. The van der Waals surface area contributed by atoms with Gasteiger partial charge in [0.2, 0.25) is 0 Å². The van der Waals surface area contributed by atoms with Crippen LogP contribution in [0.25, 0.3) is 0 Å². The van der Waals surface area contributed by atoms with Crippen LogP contribution in [0.15, 0.2) is 0 Å². The Morgan fingerprint density at radius 2 is 2.05 bits per heavy atom. The number of sulfone groups is 1. The maximum absolute atomic E-state index is 12.0. The molecule has 0 spiro atoms. The van der Waals surface area contributed by atoms with Crippen LogP contribution in [0.4, 0.5) is 4.79 Å². The van der Waals surface area contributed by atoms with E-state index >= 15 is 0 Å². The van der Waals surface area contributed by atoms with Crippen molar-refractivity contribution in [3.8, 4) is 0 Å². The molecule has 0 aromatic heterocycles. The van der Waals surface area contributed by atoms with Gasteiger partial charge >= 0.3 is 12.0 Å². The Morgan fingerprint density at radius 1 is 1.42 bits per heavy atom. The smallest absolute Gasteiger partial charge is 0.326 e. The van der Waals surface area contributed by atoms with Crippen molar-refractivity contribution >= 4 is 21.8 Å². The molecule has 0 saturated carbocycles. The number of hydrogen-bond acceptors (Lipinski definition) is 4. The first kappa shape index (κ1) is 15.7. The van der Waals surface area contributed by atoms with Gasteiger partial charge in [-0.1, -0.05) is 0 Å². The van der Waals surface area contributed by atoms with Crippen LogP contribution < -0.4 is 5.32 Å². The minimum absolute atomic E-state index is 0.162. The van der Waals surface area contributed by atoms with Crippen molar-refractivity contribution in [1.29, 1.82) is 0 Å². The van der Waals surface area contributed by atoms with E-state index in [1.54, 1.807) is 6.92 Å². The summed E-state index contributed by atoms with van der Waals surface area (Å²) < 4.78 is 22.2. The number of nitrogens with one attached hydrogen (secondary N) is 1. The zero-order chi connectivity index (χ0) is 14.6. The number of amides is 2. The predicted molar refractivity (Wildman–Crippen MR) is 69.7 cm³/mol. The van der Waals surface area contributed by atoms with E-state index in [0.717, 1.165) is 19.1 Å². The standard InChI is InChI=1S/C11H20N2O5S/c1-8(7-19(2,17)18)12-11(16)13-6-4-3-5-9(13)10(14)15/h8-9H,3-7H2,1-2H3,(H,12,16)(H,14,15). The highest BCUT2D eigenvalue weighted by Gasteiger charge is 2.32. The van der Waals surface area contributed by atoms with E-state index in [4.69, 9.17) is 5.11 Å². The number of nitrogens with zero attached hydrogens (tertiary/aromatic N) is 1. The highest BCUT2D eigenvalue weighted by atomic mass is 32.2. The summed E-state index contributed by atoms with van der Waals surface area (Å²) in [4.78, 5) is 24.3. The third kappa shape index (κ3) is 5.06. The van der Waals surface area contributed by atoms with Crippen molar-refractivity contribution < 1.29 is 23.1 Å². The van der Waals surface area contributed by atoms with Gasteiger partial charge in [-0.3, -0.25) is 0 Å². The number of likely N-dealkylation sites (tertiary alicyclic amines) is 1. The van der Waals surface area contributed by atoms with Gasteiger partial charge in [0.15, 0.2) is 0 Å². The Kier molecular flexibility index (Phi) is 5.16. The first-order valence-corrected chi connectivity index (χ1v) is 8.24. The Balaban J connectivity index is 2.63. The van der Waals surface area contributed by atoms with Crippen molar-refractivity contribution in [3.63, 3.8) is 0 Å². The summed E-state index contributed by atoms with van der Waals surface area (Å²) in [6, 6.07) is -1.87. The van der Waals surface area contributed by atoms with Gasteiger partial charge in [0.25, 0.3) is 0 Å². The number of carbonyl (C=O) groups excluding carboxylic acids is 1. The number of carbonyl (C=O) groups is 2. The van der Waals surface area contributed by atoms with Crippen LogP contribution in [0.2, 0.25) is 0 Å². The second-order valence-electron chi connectivity index (χ2n) is 4.99. The van der Waals surface area contributed by atoms with Crippen LogP contribution in [0.3, 0.4) is 0 Å². The van der Waals surface area contributed by atoms with Crippen molar-refractivity contribution in [2.75, 3.05) is 18.6 Å². The van der Waals surface area contributed by atoms with Gasteiger partial charge < -0.3 is 15.3 Å². The van der Waals surface area contributed by atoms with Gasteiger partial charge in [-0.05, 0) is 26.2 Å². The molecule has 1 fully saturated rings. The van der Waals surface area contributed by atoms with Crippen molar-refractivity contribution in [2.45, 2.75) is 38.3 Å². The number of piperidine rings is 1. The molecule has 110 valence electrons. The van der Waals surface area contributed by atoms with E-state index in [1.165, 1.54) is 4.90 Å². The van der Waals surface area contributed by atoms with Crippen molar-refractivity contribution in [2.24, 2.45) is 0 Å². The van der Waals surface area contributed by atoms with Crippen LogP contribution in [-0.2, 0) is 14.6 Å². The van der Waals surface area contributed by atoms with Gasteiger partial charge in [0, 0.05) is 18.8 Å². The molecule has 2 amide bonds. The topological polar surface area (TPSA) is 104 Å². The fraction of sp³-hybridized carbons (Fsp3) is 0.818. The summed E-state index contributed by atoms with van der Waals surface area (Å²) in [5.41, 5.74) is 0. The lowest BCUT2D eigenvalue weighted by molar-refractivity contribution is -0.143. The summed E-state index contributed by atoms with van der Waals surface area (Å²) in [5, 5.41) is 11.6. The summed E-state index contributed by atoms with van der Waals surface area (Å²) in [6.07, 6.45) is 3.07. The fourth-order valence-electron chi connectivity index (χ4n) is 2.22. The molecule has 8 heteroatoms. The SMILES string of the molecule is CC(CS(C)(=O)=O)NC(=O)N1CCCCC1C(=O)O. The first-order valence-electron chi connectivity index (χ1n) is 6.18. The number of carboxylic acid groups (broad SMARTS) is 1. The average molecular weight is 292 g/mol. The molecular formula is C11H20N2O5S. The molecular weight excluding hydrogens is 272 g/mol. The van der Waals surface area contributed by atoms with Crippen molar-refractivity contribution in [3.05, 3.63) is 0 Å². The molecule has 1 heterocycles. The maximum atomic E-state index is 12.0. The Hall–Kier alpha value is -1.31. The number of aliphatic carboxylic acids is 1. The number of carboxylic acids is 1. The van der Waals surface area contributed by atoms with Gasteiger partial charge in [-0.25, -0.2) is 18.0 Å². The van der Waals surface area contributed by atoms with E-state index in [1.807, 2.05) is 0 Å². The second-order valence-corrected chi connectivity index (χ2v) is 7.17. The monoisotopic (exact) mass is 292 g/mol. The summed E-state index contributed by atoms with van der Waals surface area (Å²) >= 11 is 0. The second kappa shape index (κ2) is 6.23. The molecule has 0 aromatic rings. The van der Waals surface area contributed by atoms with Crippen LogP contribution in [0, 0.1) is 0 Å². The third-order valence-electron chi connectivity index (χ3n) is 2.97. The molecule has 0 bridgehead atoms. The lowest BCUT2D eigenvalue weighted by Gasteiger charge is -2.33. The van der Waals surface area contributed by atoms with Crippen LogP contribution >= 0.6 is 0 Å². The number of rotatable bonds is 4. The highest BCUT2D eigenvalue weighted by Crippen LogP contribution is 2.17. The molecule has 1 rings (SSSR count). The minimum Gasteiger partial charge on any atom is -0.480 e. The van der Waals surface area contributed by atoms with Crippen LogP contribution in [0.5, 0.6) is 0 Å². The fourth-order valence-corrected chi connectivity index (χ4v) is 3.21. The zero-order valence-electron chi connectivity index (χ0n) is 11.1. The van der Waals surface area contributed by atoms with Crippen molar-refractivity contribution in [1.82, 2.24) is 10.2 Å². The number of urea groups is 1. The Labute approximate surface area is 112 Å². The maximum Gasteiger partial charge on any atom is 0.326 e.